The summed E-state index contributed by atoms with van der Waals surface area (Å²) in [6.07, 6.45) is 7.10. The summed E-state index contributed by atoms with van der Waals surface area (Å²) in [4.78, 5) is 15.3. The van der Waals surface area contributed by atoms with Gasteiger partial charge in [0.1, 0.15) is 30.1 Å². The van der Waals surface area contributed by atoms with Crippen molar-refractivity contribution in [1.29, 1.82) is 0 Å². The highest BCUT2D eigenvalue weighted by Crippen LogP contribution is 2.27. The van der Waals surface area contributed by atoms with Gasteiger partial charge >= 0.3 is 0 Å². The molecule has 38 heavy (non-hydrogen) atoms. The molecule has 4 N–H and O–H groups in total. The van der Waals surface area contributed by atoms with Crippen LogP contribution in [0.1, 0.15) is 43.5 Å². The molecule has 4 rings (SSSR count). The number of aromatic hydroxyl groups is 1. The highest BCUT2D eigenvalue weighted by atomic mass is 32.2. The van der Waals surface area contributed by atoms with Crippen LogP contribution in [0.25, 0.3) is 17.3 Å². The van der Waals surface area contributed by atoms with Gasteiger partial charge in [-0.2, -0.15) is 0 Å². The minimum atomic E-state index is 0.115. The van der Waals surface area contributed by atoms with Crippen LogP contribution < -0.4 is 11.1 Å². The number of thioether (sulfide) groups is 1. The Morgan fingerprint density at radius 1 is 1.24 bits per heavy atom. The molecule has 0 amide bonds. The van der Waals surface area contributed by atoms with E-state index < -0.39 is 0 Å². The molecule has 8 nitrogen and oxygen atoms in total. The summed E-state index contributed by atoms with van der Waals surface area (Å²) in [5, 5.41) is 18.9. The number of nitrogen functional groups attached to an aromatic ring is 1. The maximum Gasteiger partial charge on any atom is 0.149 e. The number of benzene rings is 2. The highest BCUT2D eigenvalue weighted by Gasteiger charge is 2.14. The van der Waals surface area contributed by atoms with E-state index in [-0.39, 0.29) is 5.75 Å². The maximum atomic E-state index is 10.8. The molecule has 200 valence electrons. The lowest BCUT2D eigenvalue weighted by atomic mass is 10.0. The Morgan fingerprint density at radius 3 is 2.68 bits per heavy atom. The van der Waals surface area contributed by atoms with Crippen molar-refractivity contribution >= 4 is 29.4 Å². The van der Waals surface area contributed by atoms with E-state index in [1.54, 1.807) is 24.4 Å². The number of ether oxygens (including phenoxy) is 1. The fourth-order valence-electron chi connectivity index (χ4n) is 4.14. The predicted octanol–water partition coefficient (Wildman–Crippen LogP) is 5.26. The van der Waals surface area contributed by atoms with Gasteiger partial charge < -0.3 is 25.7 Å². The molecule has 0 aliphatic carbocycles. The molecule has 1 aliphatic heterocycles. The second-order valence-corrected chi connectivity index (χ2v) is 11.0. The van der Waals surface area contributed by atoms with Crippen LogP contribution in [0.15, 0.2) is 64.8 Å². The molecule has 1 fully saturated rings. The van der Waals surface area contributed by atoms with Crippen molar-refractivity contribution in [1.82, 2.24) is 15.3 Å². The molecular weight excluding hydrogens is 498 g/mol. The van der Waals surface area contributed by atoms with Gasteiger partial charge in [-0.15, -0.1) is 11.8 Å². The molecule has 0 saturated carbocycles. The topological polar surface area (TPSA) is 115 Å². The van der Waals surface area contributed by atoms with E-state index in [1.165, 1.54) is 12.0 Å². The zero-order valence-corrected chi connectivity index (χ0v) is 22.9. The summed E-state index contributed by atoms with van der Waals surface area (Å²) in [5.74, 6) is 0.413. The van der Waals surface area contributed by atoms with Crippen LogP contribution in [0.5, 0.6) is 5.75 Å². The number of nitrogens with two attached hydrogens (primary N) is 1. The number of rotatable bonds is 10. The molecule has 0 unspecified atom stereocenters. The monoisotopic (exact) mass is 533 g/mol. The number of hydrogen-bond acceptors (Lipinski definition) is 9. The summed E-state index contributed by atoms with van der Waals surface area (Å²) >= 11 is 1.81. The van der Waals surface area contributed by atoms with E-state index in [4.69, 9.17) is 20.3 Å². The molecule has 2 heterocycles. The van der Waals surface area contributed by atoms with E-state index in [0.717, 1.165) is 42.9 Å². The summed E-state index contributed by atoms with van der Waals surface area (Å²) in [5.41, 5.74) is 10.3. The van der Waals surface area contributed by atoms with Gasteiger partial charge in [0.05, 0.1) is 11.9 Å². The fourth-order valence-corrected chi connectivity index (χ4v) is 4.98. The third-order valence-corrected chi connectivity index (χ3v) is 7.11. The summed E-state index contributed by atoms with van der Waals surface area (Å²) in [7, 11) is 1.47. The predicted molar refractivity (Wildman–Crippen MR) is 154 cm³/mol. The van der Waals surface area contributed by atoms with Crippen LogP contribution in [-0.2, 0) is 16.1 Å². The van der Waals surface area contributed by atoms with Gasteiger partial charge in [-0.25, -0.2) is 9.97 Å². The van der Waals surface area contributed by atoms with Crippen molar-refractivity contribution in [3.63, 3.8) is 0 Å². The molecule has 0 radical (unpaired) electrons. The van der Waals surface area contributed by atoms with Gasteiger partial charge in [0.25, 0.3) is 0 Å². The maximum absolute atomic E-state index is 10.8. The first kappa shape index (κ1) is 27.6. The first-order chi connectivity index (χ1) is 18.4. The second kappa shape index (κ2) is 13.4. The van der Waals surface area contributed by atoms with Crippen molar-refractivity contribution in [2.45, 2.75) is 49.4 Å². The standard InChI is InChI=1S/C29H35N5O3S/c1-19(2)38-23-7-5-21(6-8-23)27-18-32-29(30)26(33-27)11-10-25(34-36-3)24-9-4-20(16-28(24)35)17-31-22-12-14-37-15-13-22/h4-11,16,18-19,22,31,35H,12-15,17H2,1-3H3,(H2,30,32)/b11-10+,34-25+. The number of nitrogens with one attached hydrogen (secondary N) is 1. The third-order valence-electron chi connectivity index (χ3n) is 6.09. The summed E-state index contributed by atoms with van der Waals surface area (Å²) in [6.45, 7) is 6.58. The number of nitrogens with zero attached hydrogens (tertiary/aromatic N) is 3. The molecule has 1 saturated heterocycles. The average Bonchev–Trinajstić information content (AvgIpc) is 2.92. The van der Waals surface area contributed by atoms with Crippen LogP contribution in [-0.4, -0.2) is 52.4 Å². The van der Waals surface area contributed by atoms with E-state index in [0.29, 0.717) is 40.6 Å². The summed E-state index contributed by atoms with van der Waals surface area (Å²) < 4.78 is 5.41. The molecule has 1 aliphatic rings. The Hall–Kier alpha value is -3.40. The second-order valence-electron chi connectivity index (χ2n) is 9.33. The number of phenols is 1. The smallest absolute Gasteiger partial charge is 0.149 e. The molecule has 0 atom stereocenters. The molecule has 2 aromatic carbocycles. The third kappa shape index (κ3) is 7.56. The highest BCUT2D eigenvalue weighted by molar-refractivity contribution is 7.99. The number of aromatic nitrogens is 2. The van der Waals surface area contributed by atoms with Crippen LogP contribution in [0, 0.1) is 0 Å². The zero-order chi connectivity index (χ0) is 26.9. The Labute approximate surface area is 228 Å². The lowest BCUT2D eigenvalue weighted by Crippen LogP contribution is -2.34. The first-order valence-electron chi connectivity index (χ1n) is 12.7. The van der Waals surface area contributed by atoms with Crippen molar-refractivity contribution < 1.29 is 14.7 Å². The van der Waals surface area contributed by atoms with E-state index in [9.17, 15) is 5.11 Å². The molecular formula is C29H35N5O3S. The number of oxime groups is 1. The Kier molecular flexibility index (Phi) is 9.75. The minimum Gasteiger partial charge on any atom is -0.507 e. The average molecular weight is 534 g/mol. The quantitative estimate of drug-likeness (QED) is 0.184. The SMILES string of the molecule is CO/N=C(\C=C\c1nc(-c2ccc(SC(C)C)cc2)cnc1N)c1ccc(CNC2CCOCC2)cc1O. The molecule has 9 heteroatoms. The largest absolute Gasteiger partial charge is 0.507 e. The Balaban J connectivity index is 1.50. The van der Waals surface area contributed by atoms with Gasteiger partial charge in [-0.05, 0) is 54.8 Å². The zero-order valence-electron chi connectivity index (χ0n) is 22.1. The Morgan fingerprint density at radius 2 is 2.00 bits per heavy atom. The lowest BCUT2D eigenvalue weighted by molar-refractivity contribution is 0.0776. The fraction of sp³-hybridized carbons (Fsp3) is 0.345. The van der Waals surface area contributed by atoms with Gasteiger partial charge in [0.2, 0.25) is 0 Å². The minimum absolute atomic E-state index is 0.115. The first-order valence-corrected chi connectivity index (χ1v) is 13.6. The van der Waals surface area contributed by atoms with Gasteiger partial charge in [-0.3, -0.25) is 0 Å². The number of phenolic OH excluding ortho intramolecular Hbond substituents is 1. The summed E-state index contributed by atoms with van der Waals surface area (Å²) in [6, 6.07) is 14.2. The van der Waals surface area contributed by atoms with Crippen molar-refractivity contribution in [3.8, 4) is 17.0 Å². The van der Waals surface area contributed by atoms with Crippen molar-refractivity contribution in [2.75, 3.05) is 26.1 Å². The Bertz CT molecular complexity index is 1270. The van der Waals surface area contributed by atoms with Crippen LogP contribution in [0.3, 0.4) is 0 Å². The van der Waals surface area contributed by atoms with Gasteiger partial charge in [0, 0.05) is 47.1 Å². The van der Waals surface area contributed by atoms with Gasteiger partial charge in [-0.1, -0.05) is 37.2 Å². The van der Waals surface area contributed by atoms with Crippen LogP contribution in [0.2, 0.25) is 0 Å². The normalized spacial score (nSPS) is 14.9. The van der Waals surface area contributed by atoms with Crippen LogP contribution in [0.4, 0.5) is 5.82 Å². The number of hydrogen-bond donors (Lipinski definition) is 3. The van der Waals surface area contributed by atoms with E-state index >= 15 is 0 Å². The number of allylic oxidation sites excluding steroid dienone is 1. The van der Waals surface area contributed by atoms with E-state index in [1.807, 2.05) is 36.0 Å². The molecule has 1 aromatic heterocycles. The number of anilines is 1. The lowest BCUT2D eigenvalue weighted by Gasteiger charge is -2.23. The van der Waals surface area contributed by atoms with Crippen LogP contribution >= 0.6 is 11.8 Å². The molecule has 0 spiro atoms. The van der Waals surface area contributed by atoms with Crippen molar-refractivity contribution in [3.05, 3.63) is 71.6 Å². The van der Waals surface area contributed by atoms with Gasteiger partial charge in [0.15, 0.2) is 0 Å². The molecule has 3 aromatic rings. The molecule has 0 bridgehead atoms. The van der Waals surface area contributed by atoms with E-state index in [2.05, 4.69) is 41.4 Å². The van der Waals surface area contributed by atoms with Crippen molar-refractivity contribution in [2.24, 2.45) is 5.16 Å².